The van der Waals surface area contributed by atoms with E-state index in [1.807, 2.05) is 13.0 Å². The molecule has 0 radical (unpaired) electrons. The summed E-state index contributed by atoms with van der Waals surface area (Å²) in [5.74, 6) is -0.341. The van der Waals surface area contributed by atoms with Gasteiger partial charge < -0.3 is 14.2 Å². The number of rotatable bonds is 7. The summed E-state index contributed by atoms with van der Waals surface area (Å²) in [5, 5.41) is 0. The Morgan fingerprint density at radius 1 is 1.09 bits per heavy atom. The number of carbonyl (C=O) groups excluding carboxylic acids is 2. The molecule has 3 fully saturated rings. The van der Waals surface area contributed by atoms with E-state index in [1.165, 1.54) is 6.42 Å². The molecule has 2 saturated carbocycles. The second kappa shape index (κ2) is 9.12. The van der Waals surface area contributed by atoms with Gasteiger partial charge in [-0.05, 0) is 62.7 Å². The van der Waals surface area contributed by atoms with Gasteiger partial charge in [0, 0.05) is 12.3 Å². The van der Waals surface area contributed by atoms with E-state index in [-0.39, 0.29) is 34.9 Å². The largest absolute Gasteiger partial charge is 0.465 e. The minimum atomic E-state index is -0.498. The summed E-state index contributed by atoms with van der Waals surface area (Å²) in [6.45, 7) is 17.7. The van der Waals surface area contributed by atoms with Crippen molar-refractivity contribution in [2.75, 3.05) is 6.61 Å². The lowest BCUT2D eigenvalue weighted by Crippen LogP contribution is -2.67. The van der Waals surface area contributed by atoms with Gasteiger partial charge in [0.1, 0.15) is 12.5 Å². The zero-order valence-electron chi connectivity index (χ0n) is 21.1. The van der Waals surface area contributed by atoms with E-state index in [1.54, 1.807) is 0 Å². The van der Waals surface area contributed by atoms with Crippen LogP contribution in [0.2, 0.25) is 0 Å². The quantitative estimate of drug-likeness (QED) is 0.207. The van der Waals surface area contributed by atoms with Crippen LogP contribution in [-0.2, 0) is 23.8 Å². The summed E-state index contributed by atoms with van der Waals surface area (Å²) in [6, 6.07) is 0. The lowest BCUT2D eigenvalue weighted by molar-refractivity contribution is -0.279. The summed E-state index contributed by atoms with van der Waals surface area (Å²) >= 11 is 0. The van der Waals surface area contributed by atoms with Gasteiger partial charge in [-0.3, -0.25) is 9.59 Å². The third kappa shape index (κ3) is 4.78. The zero-order valence-corrected chi connectivity index (χ0v) is 21.1. The van der Waals surface area contributed by atoms with Gasteiger partial charge in [-0.15, -0.1) is 6.58 Å². The van der Waals surface area contributed by atoms with Crippen LogP contribution in [0.25, 0.3) is 0 Å². The van der Waals surface area contributed by atoms with Crippen molar-refractivity contribution in [3.63, 3.8) is 0 Å². The second-order valence-corrected chi connectivity index (χ2v) is 11.8. The molecule has 182 valence electrons. The number of hydrogen-bond donors (Lipinski definition) is 0. The van der Waals surface area contributed by atoms with E-state index in [0.717, 1.165) is 38.5 Å². The van der Waals surface area contributed by atoms with Crippen molar-refractivity contribution in [2.24, 2.45) is 22.7 Å². The van der Waals surface area contributed by atoms with Crippen molar-refractivity contribution in [1.82, 2.24) is 0 Å². The highest BCUT2D eigenvalue weighted by Gasteiger charge is 2.65. The molecule has 6 atom stereocenters. The molecule has 0 aromatic heterocycles. The van der Waals surface area contributed by atoms with Crippen LogP contribution < -0.4 is 0 Å². The van der Waals surface area contributed by atoms with E-state index in [4.69, 9.17) is 14.2 Å². The second-order valence-electron chi connectivity index (χ2n) is 11.8. The molecule has 0 spiro atoms. The van der Waals surface area contributed by atoms with Crippen molar-refractivity contribution in [3.05, 3.63) is 12.7 Å². The van der Waals surface area contributed by atoms with Crippen LogP contribution in [0.5, 0.6) is 0 Å². The van der Waals surface area contributed by atoms with Crippen LogP contribution in [-0.4, -0.2) is 35.9 Å². The highest BCUT2D eigenvalue weighted by Crippen LogP contribution is 2.66. The fraction of sp³-hybridized carbons (Fsp3) is 0.852. The first kappa shape index (κ1) is 25.3. The molecule has 5 nitrogen and oxygen atoms in total. The first-order valence-corrected chi connectivity index (χ1v) is 12.6. The first-order valence-electron chi connectivity index (χ1n) is 12.6. The number of hydrogen-bond acceptors (Lipinski definition) is 5. The van der Waals surface area contributed by atoms with Crippen LogP contribution in [0, 0.1) is 22.7 Å². The topological polar surface area (TPSA) is 61.8 Å². The van der Waals surface area contributed by atoms with Gasteiger partial charge in [0.05, 0.1) is 17.8 Å². The Kier molecular flexibility index (Phi) is 7.20. The lowest BCUT2D eigenvalue weighted by Gasteiger charge is -2.66. The number of carbonyl (C=O) groups is 2. The number of unbranched alkanes of at least 4 members (excludes halogenated alkanes) is 1. The Hall–Kier alpha value is -1.36. The Balaban J connectivity index is 1.84. The minimum absolute atomic E-state index is 0.0177. The lowest BCUT2D eigenvalue weighted by atomic mass is 9.43. The van der Waals surface area contributed by atoms with E-state index < -0.39 is 17.5 Å². The average molecular weight is 449 g/mol. The SMILES string of the molecule is C=C[C@@]1(C)CC[C@@H]2[C@@]3(C)CCCC(C)(C)[C@@H]3[C@@H](OC(=O)CC(=O)OCCCC)C[C@@]2(C)O1. The van der Waals surface area contributed by atoms with E-state index in [2.05, 4.69) is 41.2 Å². The highest BCUT2D eigenvalue weighted by molar-refractivity contribution is 5.91. The number of esters is 2. The molecule has 3 rings (SSSR count). The third-order valence-corrected chi connectivity index (χ3v) is 8.76. The van der Waals surface area contributed by atoms with Crippen molar-refractivity contribution < 1.29 is 23.8 Å². The van der Waals surface area contributed by atoms with Gasteiger partial charge in [-0.25, -0.2) is 0 Å². The molecule has 0 N–H and O–H groups in total. The molecule has 0 aromatic carbocycles. The van der Waals surface area contributed by atoms with E-state index in [0.29, 0.717) is 18.9 Å². The average Bonchev–Trinajstić information content (AvgIpc) is 2.66. The highest BCUT2D eigenvalue weighted by atomic mass is 16.6. The van der Waals surface area contributed by atoms with Crippen LogP contribution in [0.15, 0.2) is 12.7 Å². The van der Waals surface area contributed by atoms with Crippen molar-refractivity contribution in [2.45, 2.75) is 117 Å². The van der Waals surface area contributed by atoms with Gasteiger partial charge in [-0.2, -0.15) is 0 Å². The fourth-order valence-electron chi connectivity index (χ4n) is 7.53. The molecular formula is C27H44O5. The first-order chi connectivity index (χ1) is 14.9. The van der Waals surface area contributed by atoms with Crippen LogP contribution in [0.1, 0.15) is 99.3 Å². The smallest absolute Gasteiger partial charge is 0.317 e. The zero-order chi connectivity index (χ0) is 23.8. The minimum Gasteiger partial charge on any atom is -0.465 e. The summed E-state index contributed by atoms with van der Waals surface area (Å²) in [7, 11) is 0. The maximum Gasteiger partial charge on any atom is 0.317 e. The van der Waals surface area contributed by atoms with Crippen molar-refractivity contribution in [3.8, 4) is 0 Å². The molecule has 1 heterocycles. The molecule has 1 saturated heterocycles. The Morgan fingerprint density at radius 2 is 1.81 bits per heavy atom. The van der Waals surface area contributed by atoms with Gasteiger partial charge >= 0.3 is 11.9 Å². The molecule has 0 bridgehead atoms. The molecule has 0 unspecified atom stereocenters. The van der Waals surface area contributed by atoms with Gasteiger partial charge in [0.2, 0.25) is 0 Å². The van der Waals surface area contributed by atoms with Crippen LogP contribution in [0.3, 0.4) is 0 Å². The summed E-state index contributed by atoms with van der Waals surface area (Å²) in [4.78, 5) is 24.9. The van der Waals surface area contributed by atoms with Gasteiger partial charge in [0.15, 0.2) is 0 Å². The van der Waals surface area contributed by atoms with E-state index in [9.17, 15) is 9.59 Å². The fourth-order valence-corrected chi connectivity index (χ4v) is 7.53. The van der Waals surface area contributed by atoms with E-state index >= 15 is 0 Å². The molecule has 2 aliphatic carbocycles. The van der Waals surface area contributed by atoms with Gasteiger partial charge in [0.25, 0.3) is 0 Å². The third-order valence-electron chi connectivity index (χ3n) is 8.76. The molecule has 0 amide bonds. The normalized spacial score (nSPS) is 40.5. The number of fused-ring (bicyclic) bond motifs is 3. The van der Waals surface area contributed by atoms with Crippen LogP contribution in [0.4, 0.5) is 0 Å². The molecule has 32 heavy (non-hydrogen) atoms. The van der Waals surface area contributed by atoms with Crippen LogP contribution >= 0.6 is 0 Å². The Bertz CT molecular complexity index is 730. The maximum absolute atomic E-state index is 12.8. The van der Waals surface area contributed by atoms with Crippen molar-refractivity contribution in [1.29, 1.82) is 0 Å². The predicted octanol–water partition coefficient (Wildman–Crippen LogP) is 6.00. The molecule has 3 aliphatic rings. The monoisotopic (exact) mass is 448 g/mol. The Morgan fingerprint density at radius 3 is 2.47 bits per heavy atom. The molecule has 0 aromatic rings. The number of ether oxygens (including phenoxy) is 3. The van der Waals surface area contributed by atoms with Gasteiger partial charge in [-0.1, -0.05) is 46.6 Å². The Labute approximate surface area is 194 Å². The molecule has 1 aliphatic heterocycles. The molecule has 5 heteroatoms. The molecular weight excluding hydrogens is 404 g/mol. The maximum atomic E-state index is 12.8. The standard InChI is InChI=1S/C27H44O5/c1-8-10-16-30-21(28)17-22(29)31-19-18-27(7)20(12-15-25(5,9-2)32-27)26(6)14-11-13-24(3,4)23(19)26/h9,19-20,23H,2,8,10-18H2,1,3-7H3/t19-,20+,23-,25-,26+,27+/m0/s1. The van der Waals surface area contributed by atoms with Crippen molar-refractivity contribution >= 4 is 11.9 Å². The summed E-state index contributed by atoms with van der Waals surface area (Å²) < 4.78 is 18.0. The summed E-state index contributed by atoms with van der Waals surface area (Å²) in [5.41, 5.74) is -0.688. The predicted molar refractivity (Wildman–Crippen MR) is 125 cm³/mol. The summed E-state index contributed by atoms with van der Waals surface area (Å²) in [6.07, 6.45) is 9.18.